The topological polar surface area (TPSA) is 3.24 Å². The molecule has 0 aromatic heterocycles. The zero-order valence-electron chi connectivity index (χ0n) is 12.5. The highest BCUT2D eigenvalue weighted by Crippen LogP contribution is 2.45. The van der Waals surface area contributed by atoms with Crippen molar-refractivity contribution in [2.45, 2.75) is 19.9 Å². The normalized spacial score (nSPS) is 21.0. The maximum atomic E-state index is 5.99. The molecule has 2 atom stereocenters. The second kappa shape index (κ2) is 5.57. The van der Waals surface area contributed by atoms with Crippen LogP contribution in [0.5, 0.6) is 0 Å². The summed E-state index contributed by atoms with van der Waals surface area (Å²) in [5.41, 5.74) is 5.13. The molecule has 21 heavy (non-hydrogen) atoms. The first-order chi connectivity index (χ1) is 10.1. The third-order valence-corrected chi connectivity index (χ3v) is 4.57. The van der Waals surface area contributed by atoms with Crippen molar-refractivity contribution in [3.05, 3.63) is 76.8 Å². The smallest absolute Gasteiger partial charge is 0.0624 e. The van der Waals surface area contributed by atoms with Gasteiger partial charge in [0.15, 0.2) is 0 Å². The molecule has 0 radical (unpaired) electrons. The predicted octanol–water partition coefficient (Wildman–Crippen LogP) is 5.40. The second-order valence-electron chi connectivity index (χ2n) is 5.94. The summed E-state index contributed by atoms with van der Waals surface area (Å²) in [4.78, 5) is 2.43. The summed E-state index contributed by atoms with van der Waals surface area (Å²) in [7, 11) is 0. The van der Waals surface area contributed by atoms with E-state index in [9.17, 15) is 0 Å². The predicted molar refractivity (Wildman–Crippen MR) is 91.0 cm³/mol. The molecule has 1 aliphatic heterocycles. The molecule has 2 aromatic rings. The largest absolute Gasteiger partial charge is 0.363 e. The summed E-state index contributed by atoms with van der Waals surface area (Å²) in [5.74, 6) is 0.517. The van der Waals surface area contributed by atoms with Gasteiger partial charge in [-0.2, -0.15) is 0 Å². The Labute approximate surface area is 131 Å². The van der Waals surface area contributed by atoms with Crippen LogP contribution in [-0.4, -0.2) is 6.54 Å². The lowest BCUT2D eigenvalue weighted by molar-refractivity contribution is 0.345. The van der Waals surface area contributed by atoms with E-state index in [-0.39, 0.29) is 0 Å². The molecule has 0 N–H and O–H groups in total. The zero-order chi connectivity index (χ0) is 15.0. The number of aryl methyl sites for hydroxylation is 1. The number of anilines is 1. The summed E-state index contributed by atoms with van der Waals surface area (Å²) in [5, 5.41) is 0.780. The third kappa shape index (κ3) is 2.71. The van der Waals surface area contributed by atoms with Crippen molar-refractivity contribution in [3.63, 3.8) is 0 Å². The van der Waals surface area contributed by atoms with Gasteiger partial charge in [-0.3, -0.25) is 0 Å². The second-order valence-corrected chi connectivity index (χ2v) is 6.37. The Morgan fingerprint density at radius 3 is 2.29 bits per heavy atom. The van der Waals surface area contributed by atoms with E-state index >= 15 is 0 Å². The highest BCUT2D eigenvalue weighted by molar-refractivity contribution is 6.30. The van der Waals surface area contributed by atoms with E-state index in [4.69, 9.17) is 11.6 Å². The van der Waals surface area contributed by atoms with Crippen LogP contribution < -0.4 is 4.90 Å². The van der Waals surface area contributed by atoms with Gasteiger partial charge in [0.05, 0.1) is 6.04 Å². The fourth-order valence-corrected chi connectivity index (χ4v) is 3.13. The Morgan fingerprint density at radius 1 is 1.10 bits per heavy atom. The van der Waals surface area contributed by atoms with E-state index in [1.165, 1.54) is 22.4 Å². The van der Waals surface area contributed by atoms with Gasteiger partial charge >= 0.3 is 0 Å². The minimum absolute atomic E-state index is 0.379. The first-order valence-corrected chi connectivity index (χ1v) is 7.68. The lowest BCUT2D eigenvalue weighted by atomic mass is 9.79. The molecular weight excluding hydrogens is 278 g/mol. The Hall–Kier alpha value is -1.73. The van der Waals surface area contributed by atoms with Crippen molar-refractivity contribution in [2.75, 3.05) is 11.4 Å². The van der Waals surface area contributed by atoms with E-state index in [0.29, 0.717) is 12.0 Å². The van der Waals surface area contributed by atoms with Gasteiger partial charge < -0.3 is 4.90 Å². The van der Waals surface area contributed by atoms with Crippen molar-refractivity contribution in [3.8, 4) is 0 Å². The van der Waals surface area contributed by atoms with Crippen molar-refractivity contribution >= 4 is 17.3 Å². The van der Waals surface area contributed by atoms with Crippen LogP contribution in [0.25, 0.3) is 0 Å². The Bertz CT molecular complexity index is 642. The summed E-state index contributed by atoms with van der Waals surface area (Å²) in [6, 6.07) is 17.3. The van der Waals surface area contributed by atoms with Gasteiger partial charge in [-0.05, 0) is 43.7 Å². The van der Waals surface area contributed by atoms with E-state index in [1.807, 2.05) is 12.1 Å². The fourth-order valence-electron chi connectivity index (χ4n) is 3.00. The molecule has 3 rings (SSSR count). The van der Waals surface area contributed by atoms with Crippen molar-refractivity contribution in [2.24, 2.45) is 5.92 Å². The highest BCUT2D eigenvalue weighted by Gasteiger charge is 2.40. The molecule has 108 valence electrons. The molecule has 2 heteroatoms. The van der Waals surface area contributed by atoms with Crippen LogP contribution in [0, 0.1) is 12.8 Å². The average molecular weight is 298 g/mol. The SMILES string of the molecule is C=C(C)[C@@H]1CN(c2ccc(Cl)cc2)[C@H]1c1ccc(C)cc1. The van der Waals surface area contributed by atoms with E-state index in [2.05, 4.69) is 61.7 Å². The lowest BCUT2D eigenvalue weighted by Crippen LogP contribution is -2.50. The van der Waals surface area contributed by atoms with Crippen LogP contribution in [-0.2, 0) is 0 Å². The molecule has 0 aliphatic carbocycles. The molecule has 0 bridgehead atoms. The van der Waals surface area contributed by atoms with Crippen LogP contribution >= 0.6 is 11.6 Å². The van der Waals surface area contributed by atoms with Gasteiger partial charge in [0.2, 0.25) is 0 Å². The minimum atomic E-state index is 0.379. The van der Waals surface area contributed by atoms with Gasteiger partial charge in [0, 0.05) is 23.2 Å². The molecular formula is C19H20ClN. The van der Waals surface area contributed by atoms with Crippen LogP contribution in [0.3, 0.4) is 0 Å². The van der Waals surface area contributed by atoms with Crippen molar-refractivity contribution < 1.29 is 0 Å². The summed E-state index contributed by atoms with van der Waals surface area (Å²) >= 11 is 5.99. The number of nitrogens with zero attached hydrogens (tertiary/aromatic N) is 1. The standard InChI is InChI=1S/C19H20ClN/c1-13(2)18-12-21(17-10-8-16(20)9-11-17)19(18)15-6-4-14(3)5-7-15/h4-11,18-19H,1,12H2,2-3H3/t18-,19-/m0/s1. The molecule has 0 unspecified atom stereocenters. The number of rotatable bonds is 3. The third-order valence-electron chi connectivity index (χ3n) is 4.32. The van der Waals surface area contributed by atoms with Crippen molar-refractivity contribution in [1.29, 1.82) is 0 Å². The fraction of sp³-hybridized carbons (Fsp3) is 0.263. The first-order valence-electron chi connectivity index (χ1n) is 7.30. The maximum absolute atomic E-state index is 5.99. The minimum Gasteiger partial charge on any atom is -0.363 e. The van der Waals surface area contributed by atoms with Crippen LogP contribution in [0.15, 0.2) is 60.7 Å². The maximum Gasteiger partial charge on any atom is 0.0624 e. The van der Waals surface area contributed by atoms with Gasteiger partial charge in [-0.25, -0.2) is 0 Å². The molecule has 0 amide bonds. The summed E-state index contributed by atoms with van der Waals surface area (Å²) in [6.07, 6.45) is 0. The van der Waals surface area contributed by atoms with Gasteiger partial charge in [-0.1, -0.05) is 53.6 Å². The molecule has 1 saturated heterocycles. The number of halogens is 1. The lowest BCUT2D eigenvalue weighted by Gasteiger charge is -2.50. The molecule has 0 spiro atoms. The van der Waals surface area contributed by atoms with Crippen molar-refractivity contribution in [1.82, 2.24) is 0 Å². The van der Waals surface area contributed by atoms with E-state index in [0.717, 1.165) is 11.6 Å². The Kier molecular flexibility index (Phi) is 3.77. The van der Waals surface area contributed by atoms with E-state index < -0.39 is 0 Å². The number of benzene rings is 2. The van der Waals surface area contributed by atoms with Gasteiger partial charge in [0.1, 0.15) is 0 Å². The highest BCUT2D eigenvalue weighted by atomic mass is 35.5. The summed E-state index contributed by atoms with van der Waals surface area (Å²) in [6.45, 7) is 9.44. The first kappa shape index (κ1) is 14.2. The molecule has 1 nitrogen and oxygen atoms in total. The van der Waals surface area contributed by atoms with Gasteiger partial charge in [0.25, 0.3) is 0 Å². The van der Waals surface area contributed by atoms with Gasteiger partial charge in [-0.15, -0.1) is 0 Å². The van der Waals surface area contributed by atoms with Crippen LogP contribution in [0.2, 0.25) is 5.02 Å². The summed E-state index contributed by atoms with van der Waals surface area (Å²) < 4.78 is 0. The number of hydrogen-bond donors (Lipinski definition) is 0. The Balaban J connectivity index is 1.93. The average Bonchev–Trinajstić information content (AvgIpc) is 2.42. The Morgan fingerprint density at radius 2 is 1.71 bits per heavy atom. The quantitative estimate of drug-likeness (QED) is 0.685. The molecule has 0 saturated carbocycles. The molecule has 1 aliphatic rings. The number of hydrogen-bond acceptors (Lipinski definition) is 1. The molecule has 1 heterocycles. The molecule has 1 fully saturated rings. The van der Waals surface area contributed by atoms with E-state index in [1.54, 1.807) is 0 Å². The van der Waals surface area contributed by atoms with Crippen LogP contribution in [0.1, 0.15) is 24.1 Å². The van der Waals surface area contributed by atoms with Crippen LogP contribution in [0.4, 0.5) is 5.69 Å². The monoisotopic (exact) mass is 297 g/mol. The zero-order valence-corrected chi connectivity index (χ0v) is 13.3. The molecule has 2 aromatic carbocycles.